The first-order chi connectivity index (χ1) is 36.0. The summed E-state index contributed by atoms with van der Waals surface area (Å²) in [6.07, 6.45) is 1.33. The van der Waals surface area contributed by atoms with Gasteiger partial charge in [0.05, 0.1) is 65.6 Å². The van der Waals surface area contributed by atoms with Crippen molar-refractivity contribution in [3.63, 3.8) is 0 Å². The van der Waals surface area contributed by atoms with Gasteiger partial charge < -0.3 is 39.0 Å². The molecule has 0 spiro atoms. The number of rotatable bonds is 12. The fraction of sp³-hybridized carbons (Fsp3) is 0.351. The number of ether oxygens (including phenoxy) is 5. The predicted octanol–water partition coefficient (Wildman–Crippen LogP) is 11.4. The average Bonchev–Trinajstić information content (AvgIpc) is 3.38. The van der Waals surface area contributed by atoms with Crippen LogP contribution in [0.4, 0.5) is 0 Å². The number of amides is 2. The van der Waals surface area contributed by atoms with E-state index < -0.39 is 5.60 Å². The van der Waals surface area contributed by atoms with Gasteiger partial charge in [0.1, 0.15) is 24.7 Å². The number of halogens is 7. The van der Waals surface area contributed by atoms with Crippen molar-refractivity contribution in [3.8, 4) is 23.3 Å². The number of hydrogen-bond acceptors (Lipinski definition) is 11. The number of aryl methyl sites for hydroxylation is 2. The van der Waals surface area contributed by atoms with Gasteiger partial charge in [0.25, 0.3) is 11.8 Å². The molecular weight excluding hydrogens is 1260 g/mol. The predicted molar refractivity (Wildman–Crippen MR) is 314 cm³/mol. The molecule has 0 fully saturated rings. The third-order valence-corrected chi connectivity index (χ3v) is 14.1. The standard InChI is InChI=1S/C24H21BrCl2N2O3.C15H16ClNO2.C9H6BrCl2NO.C4H8O2.C4H9O.CH4.K/c1-14-10-20(31-2)17(23(28-14)32-13-15-6-4-3-5-7-15)12-29-9-8-16-19(26)11-18(25)22(27)21(16)24(29)30;1-11-8-14(18-2)13(9-16)15(17-11)19-10-12-6-4-3-5-7-12;10-5-3-6(11)4-1-2-13-9(14)7(4)8(5)12;1-3-6-4(2)5;1-4(2,3)5;;/h3-7,10-11H,8-9,12-13H2,1-2H3;3-8H,9-10H2,1-2H3;3H,1-2H2,(H,13,14);3H2,1-2H3;1-3H3;1H4;/q;;;;-1;;+1. The van der Waals surface area contributed by atoms with Crippen molar-refractivity contribution in [2.75, 3.05) is 33.9 Å². The first-order valence-corrected chi connectivity index (χ1v) is 27.4. The van der Waals surface area contributed by atoms with E-state index in [0.717, 1.165) is 45.6 Å². The maximum Gasteiger partial charge on any atom is 1.00 e. The van der Waals surface area contributed by atoms with Crippen molar-refractivity contribution in [2.24, 2.45) is 0 Å². The maximum atomic E-state index is 13.4. The molecule has 2 amide bonds. The summed E-state index contributed by atoms with van der Waals surface area (Å²) in [5, 5.41) is 14.8. The van der Waals surface area contributed by atoms with Crippen molar-refractivity contribution in [3.05, 3.63) is 170 Å². The third kappa shape index (κ3) is 21.9. The molecule has 1 N–H and O–H groups in total. The molecule has 2 aromatic heterocycles. The van der Waals surface area contributed by atoms with Crippen LogP contribution in [0.3, 0.4) is 0 Å². The van der Waals surface area contributed by atoms with Crippen LogP contribution in [0.15, 0.2) is 93.9 Å². The van der Waals surface area contributed by atoms with Crippen LogP contribution in [0, 0.1) is 13.8 Å². The number of carbonyl (C=O) groups excluding carboxylic acids is 3. The summed E-state index contributed by atoms with van der Waals surface area (Å²) in [5.74, 6) is 2.08. The molecule has 4 aromatic carbocycles. The van der Waals surface area contributed by atoms with Crippen molar-refractivity contribution >= 4 is 108 Å². The molecule has 8 rings (SSSR count). The van der Waals surface area contributed by atoms with Crippen molar-refractivity contribution in [1.82, 2.24) is 20.2 Å². The van der Waals surface area contributed by atoms with Crippen LogP contribution in [-0.4, -0.2) is 72.2 Å². The zero-order valence-electron chi connectivity index (χ0n) is 44.6. The van der Waals surface area contributed by atoms with E-state index in [-0.39, 0.29) is 83.1 Å². The minimum Gasteiger partial charge on any atom is -0.850 e. The van der Waals surface area contributed by atoms with E-state index in [4.69, 9.17) is 77.0 Å². The Morgan fingerprint density at radius 1 is 0.744 bits per heavy atom. The van der Waals surface area contributed by atoms with Gasteiger partial charge in [-0.05, 0) is 99.9 Å². The number of aromatic nitrogens is 2. The van der Waals surface area contributed by atoms with Gasteiger partial charge in [-0.2, -0.15) is 0 Å². The van der Waals surface area contributed by atoms with E-state index in [9.17, 15) is 19.5 Å². The number of carbonyl (C=O) groups is 3. The molecule has 416 valence electrons. The largest absolute Gasteiger partial charge is 1.00 e. The SMILES string of the molecule is C.CC(C)(C)[O-].CCOC(C)=O.COc1cc(C)nc(OCc2ccccc2)c1CCl.COc1cc(C)nc(OCc2ccccc2)c1CN1CCc2c(Cl)cc(Br)c(Cl)c2C1=O.O=C1NCCc2c(Cl)cc(Br)c(Cl)c21.[K+]. The van der Waals surface area contributed by atoms with Crippen LogP contribution in [0.2, 0.25) is 20.1 Å². The van der Waals surface area contributed by atoms with Gasteiger partial charge in [-0.15, -0.1) is 17.2 Å². The average molecular weight is 1330 g/mol. The molecule has 2 aliphatic heterocycles. The maximum absolute atomic E-state index is 13.4. The number of alkyl halides is 1. The summed E-state index contributed by atoms with van der Waals surface area (Å²) in [6, 6.07) is 26.9. The molecule has 4 heterocycles. The van der Waals surface area contributed by atoms with Crippen LogP contribution < -0.4 is 80.8 Å². The second-order valence-electron chi connectivity index (χ2n) is 17.7. The smallest absolute Gasteiger partial charge is 0.850 e. The molecular formula is C57H64Br2Cl5KN4O9. The molecule has 0 unspecified atom stereocenters. The first-order valence-electron chi connectivity index (χ1n) is 23.7. The molecule has 6 aromatic rings. The van der Waals surface area contributed by atoms with Gasteiger partial charge in [0.2, 0.25) is 11.8 Å². The number of nitrogens with zero attached hydrogens (tertiary/aromatic N) is 3. The van der Waals surface area contributed by atoms with E-state index in [1.807, 2.05) is 86.6 Å². The number of pyridine rings is 2. The Morgan fingerprint density at radius 2 is 1.18 bits per heavy atom. The zero-order valence-corrected chi connectivity index (χ0v) is 54.7. The number of hydrogen-bond donors (Lipinski definition) is 1. The molecule has 0 saturated carbocycles. The van der Waals surface area contributed by atoms with E-state index in [1.54, 1.807) is 58.9 Å². The molecule has 2 aliphatic rings. The molecule has 0 atom stereocenters. The Morgan fingerprint density at radius 3 is 1.60 bits per heavy atom. The monoisotopic (exact) mass is 1320 g/mol. The Balaban J connectivity index is 0.000000384. The summed E-state index contributed by atoms with van der Waals surface area (Å²) in [4.78, 5) is 45.4. The van der Waals surface area contributed by atoms with Crippen LogP contribution in [0.25, 0.3) is 0 Å². The van der Waals surface area contributed by atoms with Crippen molar-refractivity contribution in [2.45, 2.75) is 100.0 Å². The summed E-state index contributed by atoms with van der Waals surface area (Å²) in [5.41, 5.74) is 7.00. The second kappa shape index (κ2) is 34.9. The fourth-order valence-corrected chi connectivity index (χ4v) is 9.73. The summed E-state index contributed by atoms with van der Waals surface area (Å²) >= 11 is 37.5. The molecule has 0 saturated heterocycles. The Bertz CT molecular complexity index is 2930. The topological polar surface area (TPSA) is 161 Å². The van der Waals surface area contributed by atoms with E-state index in [0.29, 0.717) is 114 Å². The van der Waals surface area contributed by atoms with Gasteiger partial charge in [0, 0.05) is 62.5 Å². The number of benzene rings is 4. The molecule has 0 radical (unpaired) electrons. The van der Waals surface area contributed by atoms with E-state index in [2.05, 4.69) is 51.9 Å². The minimum absolute atomic E-state index is 0. The third-order valence-electron chi connectivity index (χ3n) is 10.6. The number of nitrogens with one attached hydrogen (secondary N) is 1. The molecule has 78 heavy (non-hydrogen) atoms. The normalized spacial score (nSPS) is 11.9. The number of methoxy groups -OCH3 is 2. The Kier molecular flexibility index (Phi) is 31.8. The van der Waals surface area contributed by atoms with Gasteiger partial charge >= 0.3 is 57.4 Å². The summed E-state index contributed by atoms with van der Waals surface area (Å²) in [7, 11) is 3.21. The van der Waals surface area contributed by atoms with Crippen molar-refractivity contribution < 1.29 is 94.6 Å². The Labute approximate surface area is 543 Å². The van der Waals surface area contributed by atoms with Gasteiger partial charge in [-0.3, -0.25) is 14.4 Å². The molecule has 0 aliphatic carbocycles. The first kappa shape index (κ1) is 70.9. The Hall–Kier alpha value is -3.20. The van der Waals surface area contributed by atoms with E-state index >= 15 is 0 Å². The van der Waals surface area contributed by atoms with Gasteiger partial charge in [-0.1, -0.05) is 135 Å². The van der Waals surface area contributed by atoms with Gasteiger partial charge in [0.15, 0.2) is 0 Å². The van der Waals surface area contributed by atoms with Crippen LogP contribution in [0.1, 0.15) is 108 Å². The molecule has 0 bridgehead atoms. The van der Waals surface area contributed by atoms with Gasteiger partial charge in [-0.25, -0.2) is 9.97 Å². The number of fused-ring (bicyclic) bond motifs is 2. The minimum atomic E-state index is -0.750. The fourth-order valence-electron chi connectivity index (χ4n) is 7.26. The van der Waals surface area contributed by atoms with Crippen molar-refractivity contribution in [1.29, 1.82) is 0 Å². The summed E-state index contributed by atoms with van der Waals surface area (Å²) < 4.78 is 28.4. The molecule has 13 nitrogen and oxygen atoms in total. The number of esters is 1. The van der Waals surface area contributed by atoms with Crippen LogP contribution >= 0.6 is 89.9 Å². The quantitative estimate of drug-likeness (QED) is 0.0537. The van der Waals surface area contributed by atoms with Crippen LogP contribution in [0.5, 0.6) is 23.3 Å². The van der Waals surface area contributed by atoms with E-state index in [1.165, 1.54) is 6.92 Å². The van der Waals surface area contributed by atoms with Crippen LogP contribution in [-0.2, 0) is 48.0 Å². The molecule has 21 heteroatoms. The zero-order chi connectivity index (χ0) is 56.3. The summed E-state index contributed by atoms with van der Waals surface area (Å²) in [6.45, 7) is 14.5. The second-order valence-corrected chi connectivity index (χ2v) is 21.3.